The zero-order valence-electron chi connectivity index (χ0n) is 20.2. The number of H-pyrrole nitrogens is 1. The third kappa shape index (κ3) is 4.37. The quantitative estimate of drug-likeness (QED) is 0.441. The Balaban J connectivity index is 1.11. The minimum Gasteiger partial charge on any atom is -0.348 e. The molecule has 37 heavy (non-hydrogen) atoms. The molecule has 1 aliphatic carbocycles. The number of rotatable bonds is 3. The van der Waals surface area contributed by atoms with Crippen LogP contribution in [-0.2, 0) is 0 Å². The van der Waals surface area contributed by atoms with Crippen LogP contribution in [0.3, 0.4) is 0 Å². The highest BCUT2D eigenvalue weighted by Crippen LogP contribution is 2.37. The van der Waals surface area contributed by atoms with E-state index in [1.165, 1.54) is 12.3 Å². The predicted molar refractivity (Wildman–Crippen MR) is 139 cm³/mol. The SMILES string of the molecule is O=C(NC1CCC2CN(C(=O)c3ccc(F)c4ccccc34)CCC2C1)c1cc2ccncc2c(=O)[nH]1. The molecule has 2 aliphatic rings. The van der Waals surface area contributed by atoms with Gasteiger partial charge < -0.3 is 15.2 Å². The predicted octanol–water partition coefficient (Wildman–Crippen LogP) is 4.28. The molecule has 1 saturated heterocycles. The molecule has 6 rings (SSSR count). The molecule has 7 nitrogen and oxygen atoms in total. The molecule has 2 fully saturated rings. The van der Waals surface area contributed by atoms with E-state index in [9.17, 15) is 18.8 Å². The lowest BCUT2D eigenvalue weighted by Crippen LogP contribution is -2.49. The molecule has 2 aromatic heterocycles. The van der Waals surface area contributed by atoms with Gasteiger partial charge in [-0.25, -0.2) is 4.39 Å². The number of carbonyl (C=O) groups excluding carboxylic acids is 2. The van der Waals surface area contributed by atoms with Crippen molar-refractivity contribution in [2.24, 2.45) is 11.8 Å². The number of aromatic nitrogens is 2. The largest absolute Gasteiger partial charge is 0.348 e. The number of fused-ring (bicyclic) bond motifs is 3. The van der Waals surface area contributed by atoms with Crippen LogP contribution >= 0.6 is 0 Å². The van der Waals surface area contributed by atoms with Gasteiger partial charge in [0, 0.05) is 42.5 Å². The smallest absolute Gasteiger partial charge is 0.268 e. The van der Waals surface area contributed by atoms with E-state index in [1.807, 2.05) is 11.0 Å². The third-order valence-electron chi connectivity index (χ3n) is 7.98. The minimum absolute atomic E-state index is 0.0219. The Bertz CT molecular complexity index is 1580. The van der Waals surface area contributed by atoms with Gasteiger partial charge in [-0.15, -0.1) is 0 Å². The fraction of sp³-hybridized carbons (Fsp3) is 0.310. The van der Waals surface area contributed by atoms with Crippen molar-refractivity contribution in [1.82, 2.24) is 20.2 Å². The third-order valence-corrected chi connectivity index (χ3v) is 7.98. The summed E-state index contributed by atoms with van der Waals surface area (Å²) in [5.41, 5.74) is 0.458. The Labute approximate surface area is 212 Å². The van der Waals surface area contributed by atoms with Crippen molar-refractivity contribution in [3.8, 4) is 0 Å². The fourth-order valence-electron chi connectivity index (χ4n) is 6.04. The summed E-state index contributed by atoms with van der Waals surface area (Å²) in [6, 6.07) is 13.5. The fourth-order valence-corrected chi connectivity index (χ4v) is 6.04. The number of benzene rings is 2. The van der Waals surface area contributed by atoms with Gasteiger partial charge in [-0.3, -0.25) is 19.4 Å². The number of carbonyl (C=O) groups is 2. The molecule has 3 heterocycles. The van der Waals surface area contributed by atoms with Crippen LogP contribution in [0.2, 0.25) is 0 Å². The standard InChI is InChI=1S/C29H27FN4O3/c30-25-8-7-23(21-3-1-2-4-22(21)25)29(37)34-12-10-17-13-20(6-5-19(17)16-34)32-28(36)26-14-18-9-11-31-15-24(18)27(35)33-26/h1-4,7-9,11,14-15,17,19-20H,5-6,10,12-13,16H2,(H,32,36)(H,33,35). The van der Waals surface area contributed by atoms with Crippen LogP contribution in [0, 0.1) is 17.7 Å². The molecule has 3 atom stereocenters. The van der Waals surface area contributed by atoms with Crippen molar-refractivity contribution in [1.29, 1.82) is 0 Å². The summed E-state index contributed by atoms with van der Waals surface area (Å²) in [4.78, 5) is 47.2. The normalized spacial score (nSPS) is 21.5. The Kier molecular flexibility index (Phi) is 5.94. The molecule has 0 radical (unpaired) electrons. The van der Waals surface area contributed by atoms with Gasteiger partial charge in [-0.05, 0) is 72.6 Å². The first kappa shape index (κ1) is 23.3. The number of nitrogens with zero attached hydrogens (tertiary/aromatic N) is 2. The van der Waals surface area contributed by atoms with Crippen molar-refractivity contribution in [2.45, 2.75) is 31.7 Å². The molecule has 8 heteroatoms. The van der Waals surface area contributed by atoms with Crippen LogP contribution in [0.5, 0.6) is 0 Å². The summed E-state index contributed by atoms with van der Waals surface area (Å²) < 4.78 is 14.2. The number of likely N-dealkylation sites (tertiary alicyclic amines) is 1. The molecule has 1 saturated carbocycles. The van der Waals surface area contributed by atoms with E-state index >= 15 is 0 Å². The second kappa shape index (κ2) is 9.42. The Morgan fingerprint density at radius 3 is 2.70 bits per heavy atom. The maximum Gasteiger partial charge on any atom is 0.268 e. The van der Waals surface area contributed by atoms with Crippen LogP contribution < -0.4 is 10.9 Å². The van der Waals surface area contributed by atoms with E-state index in [0.29, 0.717) is 52.0 Å². The Morgan fingerprint density at radius 2 is 1.84 bits per heavy atom. The van der Waals surface area contributed by atoms with E-state index in [4.69, 9.17) is 0 Å². The van der Waals surface area contributed by atoms with Crippen LogP contribution in [0.4, 0.5) is 4.39 Å². The first-order chi connectivity index (χ1) is 18.0. The summed E-state index contributed by atoms with van der Waals surface area (Å²) in [5.74, 6) is 0.118. The minimum atomic E-state index is -0.328. The van der Waals surface area contributed by atoms with Crippen molar-refractivity contribution in [3.63, 3.8) is 0 Å². The van der Waals surface area contributed by atoms with E-state index in [0.717, 1.165) is 25.7 Å². The molecule has 2 aromatic carbocycles. The monoisotopic (exact) mass is 498 g/mol. The maximum absolute atomic E-state index is 14.2. The van der Waals surface area contributed by atoms with E-state index in [1.54, 1.807) is 42.6 Å². The molecular formula is C29H27FN4O3. The lowest BCUT2D eigenvalue weighted by atomic mass is 9.73. The van der Waals surface area contributed by atoms with Gasteiger partial charge in [0.2, 0.25) is 0 Å². The van der Waals surface area contributed by atoms with Gasteiger partial charge in [0.25, 0.3) is 17.4 Å². The number of nitrogens with one attached hydrogen (secondary N) is 2. The molecule has 188 valence electrons. The number of pyridine rings is 2. The lowest BCUT2D eigenvalue weighted by Gasteiger charge is -2.43. The highest BCUT2D eigenvalue weighted by Gasteiger charge is 2.37. The van der Waals surface area contributed by atoms with Gasteiger partial charge in [-0.1, -0.05) is 24.3 Å². The maximum atomic E-state index is 14.2. The number of aromatic amines is 1. The molecule has 1 aliphatic heterocycles. The highest BCUT2D eigenvalue weighted by atomic mass is 19.1. The lowest BCUT2D eigenvalue weighted by molar-refractivity contribution is 0.0479. The van der Waals surface area contributed by atoms with Gasteiger partial charge in [0.1, 0.15) is 11.5 Å². The number of amides is 2. The summed E-state index contributed by atoms with van der Waals surface area (Å²) in [7, 11) is 0. The zero-order chi connectivity index (χ0) is 25.5. The molecule has 3 unspecified atom stereocenters. The van der Waals surface area contributed by atoms with E-state index in [-0.39, 0.29) is 34.9 Å². The first-order valence-corrected chi connectivity index (χ1v) is 12.7. The molecule has 2 N–H and O–H groups in total. The van der Waals surface area contributed by atoms with E-state index < -0.39 is 0 Å². The summed E-state index contributed by atoms with van der Waals surface area (Å²) in [5, 5.41) is 5.34. The average Bonchev–Trinajstić information content (AvgIpc) is 2.93. The topological polar surface area (TPSA) is 95.2 Å². The van der Waals surface area contributed by atoms with Crippen molar-refractivity contribution in [3.05, 3.63) is 88.4 Å². The molecule has 2 amide bonds. The summed E-state index contributed by atoms with van der Waals surface area (Å²) in [6.45, 7) is 1.31. The number of piperidine rings is 1. The molecule has 0 spiro atoms. The Morgan fingerprint density at radius 1 is 1.00 bits per heavy atom. The molecule has 4 aromatic rings. The highest BCUT2D eigenvalue weighted by molar-refractivity contribution is 6.07. The van der Waals surface area contributed by atoms with Crippen LogP contribution in [-0.4, -0.2) is 45.8 Å². The second-order valence-electron chi connectivity index (χ2n) is 10.2. The van der Waals surface area contributed by atoms with Gasteiger partial charge >= 0.3 is 0 Å². The number of halogens is 1. The average molecular weight is 499 g/mol. The van der Waals surface area contributed by atoms with E-state index in [2.05, 4.69) is 15.3 Å². The summed E-state index contributed by atoms with van der Waals surface area (Å²) >= 11 is 0. The van der Waals surface area contributed by atoms with Gasteiger partial charge in [0.05, 0.1) is 5.39 Å². The summed E-state index contributed by atoms with van der Waals surface area (Å²) in [6.07, 6.45) is 6.52. The van der Waals surface area contributed by atoms with Crippen LogP contribution in [0.1, 0.15) is 46.5 Å². The van der Waals surface area contributed by atoms with Crippen molar-refractivity contribution in [2.75, 3.05) is 13.1 Å². The van der Waals surface area contributed by atoms with Gasteiger partial charge in [0.15, 0.2) is 0 Å². The van der Waals surface area contributed by atoms with Crippen molar-refractivity contribution >= 4 is 33.4 Å². The zero-order valence-corrected chi connectivity index (χ0v) is 20.2. The van der Waals surface area contributed by atoms with Gasteiger partial charge in [-0.2, -0.15) is 0 Å². The van der Waals surface area contributed by atoms with Crippen LogP contribution in [0.15, 0.2) is 65.7 Å². The molecular weight excluding hydrogens is 471 g/mol. The second-order valence-corrected chi connectivity index (χ2v) is 10.2. The number of hydrogen-bond acceptors (Lipinski definition) is 4. The van der Waals surface area contributed by atoms with Crippen molar-refractivity contribution < 1.29 is 14.0 Å². The van der Waals surface area contributed by atoms with Crippen LogP contribution in [0.25, 0.3) is 21.5 Å². The molecule has 0 bridgehead atoms. The first-order valence-electron chi connectivity index (χ1n) is 12.7. The number of hydrogen-bond donors (Lipinski definition) is 2. The Hall–Kier alpha value is -4.07.